The molecular weight excluding hydrogens is 311 g/mol. The van der Waals surface area contributed by atoms with E-state index in [9.17, 15) is 4.79 Å². The largest absolute Gasteiger partial charge is 0.463 e. The Bertz CT molecular complexity index is 710. The fourth-order valence-corrected chi connectivity index (χ4v) is 2.94. The Kier molecular flexibility index (Phi) is 3.74. The summed E-state index contributed by atoms with van der Waals surface area (Å²) in [6.45, 7) is 1.48. The summed E-state index contributed by atoms with van der Waals surface area (Å²) in [4.78, 5) is 11.8. The summed E-state index contributed by atoms with van der Waals surface area (Å²) in [7, 11) is 0. The minimum atomic E-state index is -0.243. The van der Waals surface area contributed by atoms with Gasteiger partial charge in [0.1, 0.15) is 11.5 Å². The van der Waals surface area contributed by atoms with E-state index in [0.29, 0.717) is 22.2 Å². The highest BCUT2D eigenvalue weighted by Gasteiger charge is 2.33. The number of rotatable bonds is 2. The molecule has 3 rings (SSSR count). The van der Waals surface area contributed by atoms with Crippen LogP contribution in [0, 0.1) is 0 Å². The van der Waals surface area contributed by atoms with Crippen molar-refractivity contribution in [2.24, 2.45) is 5.10 Å². The molecule has 4 nitrogen and oxygen atoms in total. The number of amides is 1. The van der Waals surface area contributed by atoms with E-state index in [0.717, 1.165) is 11.3 Å². The molecule has 0 aliphatic carbocycles. The van der Waals surface area contributed by atoms with Crippen LogP contribution in [-0.2, 0) is 4.79 Å². The third-order valence-electron chi connectivity index (χ3n) is 3.36. The zero-order valence-electron chi connectivity index (χ0n) is 11.2. The molecule has 0 fully saturated rings. The van der Waals surface area contributed by atoms with Gasteiger partial charge in [0.05, 0.1) is 12.3 Å². The maximum Gasteiger partial charge on any atom is 0.240 e. The third kappa shape index (κ3) is 2.69. The Labute approximate surface area is 131 Å². The Morgan fingerprint density at radius 1 is 1.38 bits per heavy atom. The number of hydrogen-bond donors (Lipinski definition) is 0. The lowest BCUT2D eigenvalue weighted by atomic mass is 10.0. The second-order valence-corrected chi connectivity index (χ2v) is 5.62. The quantitative estimate of drug-likeness (QED) is 0.828. The van der Waals surface area contributed by atoms with E-state index in [-0.39, 0.29) is 11.9 Å². The van der Waals surface area contributed by atoms with Gasteiger partial charge in [-0.1, -0.05) is 29.3 Å². The summed E-state index contributed by atoms with van der Waals surface area (Å²) in [6.07, 6.45) is 2.13. The summed E-state index contributed by atoms with van der Waals surface area (Å²) < 4.78 is 5.36. The first-order chi connectivity index (χ1) is 10.1. The van der Waals surface area contributed by atoms with Crippen molar-refractivity contribution in [1.29, 1.82) is 0 Å². The highest BCUT2D eigenvalue weighted by atomic mass is 35.5. The van der Waals surface area contributed by atoms with Crippen LogP contribution in [0.1, 0.15) is 30.7 Å². The molecule has 0 N–H and O–H groups in total. The first-order valence-electron chi connectivity index (χ1n) is 6.42. The van der Waals surface area contributed by atoms with E-state index >= 15 is 0 Å². The Morgan fingerprint density at radius 2 is 2.19 bits per heavy atom. The molecule has 108 valence electrons. The van der Waals surface area contributed by atoms with Crippen LogP contribution in [0.4, 0.5) is 0 Å². The number of furan rings is 1. The number of benzene rings is 1. The zero-order chi connectivity index (χ0) is 15.0. The molecule has 2 aromatic rings. The maximum absolute atomic E-state index is 11.8. The first kappa shape index (κ1) is 14.2. The van der Waals surface area contributed by atoms with Gasteiger partial charge in [-0.05, 0) is 29.8 Å². The lowest BCUT2D eigenvalue weighted by Crippen LogP contribution is -2.24. The van der Waals surface area contributed by atoms with Crippen LogP contribution in [0.5, 0.6) is 0 Å². The number of halogens is 2. The van der Waals surface area contributed by atoms with Crippen LogP contribution in [0.3, 0.4) is 0 Å². The van der Waals surface area contributed by atoms with Gasteiger partial charge < -0.3 is 4.42 Å². The van der Waals surface area contributed by atoms with Gasteiger partial charge in [-0.3, -0.25) is 4.79 Å². The first-order valence-corrected chi connectivity index (χ1v) is 7.18. The van der Waals surface area contributed by atoms with Gasteiger partial charge in [0, 0.05) is 23.4 Å². The van der Waals surface area contributed by atoms with E-state index in [1.807, 2.05) is 12.1 Å². The predicted octanol–water partition coefficient (Wildman–Crippen LogP) is 4.28. The van der Waals surface area contributed by atoms with Gasteiger partial charge in [0.2, 0.25) is 5.91 Å². The predicted molar refractivity (Wildman–Crippen MR) is 81.6 cm³/mol. The second-order valence-electron chi connectivity index (χ2n) is 4.77. The van der Waals surface area contributed by atoms with Crippen molar-refractivity contribution in [2.45, 2.75) is 19.4 Å². The molecule has 0 bridgehead atoms. The van der Waals surface area contributed by atoms with E-state index < -0.39 is 0 Å². The van der Waals surface area contributed by atoms with E-state index in [1.165, 1.54) is 11.9 Å². The highest BCUT2D eigenvalue weighted by molar-refractivity contribution is 6.35. The van der Waals surface area contributed by atoms with E-state index in [2.05, 4.69) is 5.10 Å². The maximum atomic E-state index is 11.8. The Hall–Kier alpha value is -1.78. The Balaban J connectivity index is 1.98. The molecule has 0 saturated carbocycles. The topological polar surface area (TPSA) is 45.8 Å². The molecule has 2 heterocycles. The summed E-state index contributed by atoms with van der Waals surface area (Å²) >= 11 is 12.2. The van der Waals surface area contributed by atoms with Crippen LogP contribution in [0.2, 0.25) is 10.0 Å². The van der Waals surface area contributed by atoms with Crippen molar-refractivity contribution in [3.63, 3.8) is 0 Å². The normalized spacial score (nSPS) is 18.0. The van der Waals surface area contributed by atoms with Crippen molar-refractivity contribution in [3.05, 3.63) is 58.0 Å². The molecule has 1 aromatic carbocycles. The average molecular weight is 323 g/mol. The van der Waals surface area contributed by atoms with Gasteiger partial charge in [-0.25, -0.2) is 5.01 Å². The molecule has 6 heteroatoms. The molecule has 1 aliphatic rings. The monoisotopic (exact) mass is 322 g/mol. The van der Waals surface area contributed by atoms with Crippen LogP contribution in [-0.4, -0.2) is 16.6 Å². The molecule has 0 saturated heterocycles. The van der Waals surface area contributed by atoms with Gasteiger partial charge in [-0.15, -0.1) is 0 Å². The summed E-state index contributed by atoms with van der Waals surface area (Å²) in [5, 5.41) is 6.89. The van der Waals surface area contributed by atoms with Crippen LogP contribution < -0.4 is 0 Å². The molecule has 1 amide bonds. The molecular formula is C15H12Cl2N2O2. The van der Waals surface area contributed by atoms with Gasteiger partial charge in [0.15, 0.2) is 0 Å². The van der Waals surface area contributed by atoms with Crippen molar-refractivity contribution in [3.8, 4) is 0 Å². The van der Waals surface area contributed by atoms with Crippen molar-refractivity contribution < 1.29 is 9.21 Å². The molecule has 0 spiro atoms. The molecule has 1 atom stereocenters. The third-order valence-corrected chi connectivity index (χ3v) is 3.92. The minimum absolute atomic E-state index is 0.146. The number of carbonyl (C=O) groups is 1. The SMILES string of the molecule is CC(=O)N1N=C(c2ccco2)C[C@H]1c1ccc(Cl)cc1Cl. The fourth-order valence-electron chi connectivity index (χ4n) is 2.41. The smallest absolute Gasteiger partial charge is 0.240 e. The van der Waals surface area contributed by atoms with E-state index in [4.69, 9.17) is 27.6 Å². The minimum Gasteiger partial charge on any atom is -0.463 e. The highest BCUT2D eigenvalue weighted by Crippen LogP contribution is 2.37. The molecule has 1 aliphatic heterocycles. The summed E-state index contributed by atoms with van der Waals surface area (Å²) in [5.74, 6) is 0.515. The fraction of sp³-hybridized carbons (Fsp3) is 0.200. The van der Waals surface area contributed by atoms with Gasteiger partial charge in [-0.2, -0.15) is 5.10 Å². The molecule has 0 unspecified atom stereocenters. The summed E-state index contributed by atoms with van der Waals surface area (Å²) in [6, 6.07) is 8.62. The molecule has 21 heavy (non-hydrogen) atoms. The van der Waals surface area contributed by atoms with Gasteiger partial charge in [0.25, 0.3) is 0 Å². The number of nitrogens with zero attached hydrogens (tertiary/aromatic N) is 2. The van der Waals surface area contributed by atoms with Crippen LogP contribution >= 0.6 is 23.2 Å². The lowest BCUT2D eigenvalue weighted by molar-refractivity contribution is -0.130. The van der Waals surface area contributed by atoms with Crippen molar-refractivity contribution >= 4 is 34.8 Å². The van der Waals surface area contributed by atoms with E-state index in [1.54, 1.807) is 24.5 Å². The molecule has 0 radical (unpaired) electrons. The van der Waals surface area contributed by atoms with Gasteiger partial charge >= 0.3 is 0 Å². The zero-order valence-corrected chi connectivity index (χ0v) is 12.7. The lowest BCUT2D eigenvalue weighted by Gasteiger charge is -2.21. The second kappa shape index (κ2) is 5.54. The van der Waals surface area contributed by atoms with Crippen molar-refractivity contribution in [2.75, 3.05) is 0 Å². The summed E-state index contributed by atoms with van der Waals surface area (Å²) in [5.41, 5.74) is 1.55. The number of carbonyl (C=O) groups excluding carboxylic acids is 1. The van der Waals surface area contributed by atoms with Crippen LogP contribution in [0.15, 0.2) is 46.1 Å². The number of hydrogen-bond acceptors (Lipinski definition) is 3. The average Bonchev–Trinajstić information content (AvgIpc) is 3.07. The number of hydrazone groups is 1. The Morgan fingerprint density at radius 3 is 2.81 bits per heavy atom. The van der Waals surface area contributed by atoms with Crippen molar-refractivity contribution in [1.82, 2.24) is 5.01 Å². The standard InChI is InChI=1S/C15H12Cl2N2O2/c1-9(20)19-14(11-5-4-10(16)7-12(11)17)8-13(18-19)15-3-2-6-21-15/h2-7,14H,8H2,1H3/t14-/m0/s1. The van der Waals surface area contributed by atoms with Crippen LogP contribution in [0.25, 0.3) is 0 Å². The molecule has 1 aromatic heterocycles.